The van der Waals surface area contributed by atoms with Crippen LogP contribution in [0, 0.1) is 0 Å². The number of ether oxygens (including phenoxy) is 1. The lowest BCUT2D eigenvalue weighted by Crippen LogP contribution is -2.20. The van der Waals surface area contributed by atoms with Crippen LogP contribution >= 0.6 is 11.8 Å². The van der Waals surface area contributed by atoms with Gasteiger partial charge in [0.1, 0.15) is 5.75 Å². The Labute approximate surface area is 116 Å². The summed E-state index contributed by atoms with van der Waals surface area (Å²) in [5.74, 6) is 2.19. The van der Waals surface area contributed by atoms with Gasteiger partial charge in [0.05, 0.1) is 6.61 Å². The molecule has 18 heavy (non-hydrogen) atoms. The average molecular weight is 267 g/mol. The fourth-order valence-electron chi connectivity index (χ4n) is 1.73. The molecule has 0 amide bonds. The fourth-order valence-corrected chi connectivity index (χ4v) is 2.16. The summed E-state index contributed by atoms with van der Waals surface area (Å²) in [5.41, 5.74) is 1.32. The third-order valence-corrected chi connectivity index (χ3v) is 3.53. The number of thioether (sulfide) groups is 1. The van der Waals surface area contributed by atoms with E-state index in [1.807, 2.05) is 11.8 Å². The van der Waals surface area contributed by atoms with Crippen molar-refractivity contribution in [1.29, 1.82) is 0 Å². The number of rotatable bonds is 9. The number of benzene rings is 1. The summed E-state index contributed by atoms with van der Waals surface area (Å²) >= 11 is 1.90. The minimum absolute atomic E-state index is 0.409. The van der Waals surface area contributed by atoms with Crippen molar-refractivity contribution in [2.45, 2.75) is 32.7 Å². The Morgan fingerprint density at radius 1 is 1.28 bits per heavy atom. The molecule has 1 atom stereocenters. The van der Waals surface area contributed by atoms with Gasteiger partial charge in [0.25, 0.3) is 0 Å². The molecule has 1 aromatic carbocycles. The molecule has 102 valence electrons. The first-order chi connectivity index (χ1) is 8.77. The monoisotopic (exact) mass is 267 g/mol. The Bertz CT molecular complexity index is 313. The molecule has 0 saturated heterocycles. The Morgan fingerprint density at radius 3 is 2.61 bits per heavy atom. The molecule has 0 aliphatic rings. The van der Waals surface area contributed by atoms with Crippen molar-refractivity contribution in [3.8, 4) is 5.75 Å². The second-order valence-corrected chi connectivity index (χ2v) is 5.43. The van der Waals surface area contributed by atoms with Crippen LogP contribution < -0.4 is 10.1 Å². The highest BCUT2D eigenvalue weighted by molar-refractivity contribution is 7.98. The number of hydrogen-bond donors (Lipinski definition) is 1. The van der Waals surface area contributed by atoms with Gasteiger partial charge in [0, 0.05) is 6.04 Å². The zero-order valence-electron chi connectivity index (χ0n) is 11.7. The van der Waals surface area contributed by atoms with Gasteiger partial charge in [-0.1, -0.05) is 19.1 Å². The Kier molecular flexibility index (Phi) is 7.94. The van der Waals surface area contributed by atoms with Crippen molar-refractivity contribution in [1.82, 2.24) is 5.32 Å². The zero-order chi connectivity index (χ0) is 13.2. The third kappa shape index (κ3) is 5.78. The molecule has 0 bridgehead atoms. The van der Waals surface area contributed by atoms with Crippen LogP contribution in [-0.4, -0.2) is 25.2 Å². The molecule has 2 nitrogen and oxygen atoms in total. The van der Waals surface area contributed by atoms with Gasteiger partial charge in [0.15, 0.2) is 0 Å². The topological polar surface area (TPSA) is 21.3 Å². The first-order valence-corrected chi connectivity index (χ1v) is 8.12. The van der Waals surface area contributed by atoms with Gasteiger partial charge >= 0.3 is 0 Å². The summed E-state index contributed by atoms with van der Waals surface area (Å²) in [4.78, 5) is 0. The zero-order valence-corrected chi connectivity index (χ0v) is 12.6. The molecule has 0 aliphatic heterocycles. The summed E-state index contributed by atoms with van der Waals surface area (Å²) in [6.45, 7) is 6.20. The second-order valence-electron chi connectivity index (χ2n) is 4.44. The van der Waals surface area contributed by atoms with Gasteiger partial charge in [-0.15, -0.1) is 0 Å². The molecule has 1 aromatic rings. The highest BCUT2D eigenvalue weighted by atomic mass is 32.2. The van der Waals surface area contributed by atoms with E-state index in [0.717, 1.165) is 25.3 Å². The molecule has 3 heteroatoms. The summed E-state index contributed by atoms with van der Waals surface area (Å²) in [5, 5.41) is 3.54. The van der Waals surface area contributed by atoms with Crippen LogP contribution in [0.25, 0.3) is 0 Å². The van der Waals surface area contributed by atoms with E-state index in [9.17, 15) is 0 Å². The van der Waals surface area contributed by atoms with Crippen molar-refractivity contribution in [3.63, 3.8) is 0 Å². The minimum atomic E-state index is 0.409. The average Bonchev–Trinajstić information content (AvgIpc) is 2.41. The van der Waals surface area contributed by atoms with E-state index >= 15 is 0 Å². The van der Waals surface area contributed by atoms with E-state index in [0.29, 0.717) is 6.04 Å². The molecule has 0 aliphatic carbocycles. The van der Waals surface area contributed by atoms with Crippen LogP contribution in [0.1, 0.15) is 38.3 Å². The third-order valence-electron chi connectivity index (χ3n) is 2.83. The summed E-state index contributed by atoms with van der Waals surface area (Å²) in [6.07, 6.45) is 4.43. The summed E-state index contributed by atoms with van der Waals surface area (Å²) < 4.78 is 5.58. The largest absolute Gasteiger partial charge is 0.494 e. The fraction of sp³-hybridized carbons (Fsp3) is 0.600. The maximum atomic E-state index is 5.58. The molecular weight excluding hydrogens is 242 g/mol. The van der Waals surface area contributed by atoms with Gasteiger partial charge in [-0.25, -0.2) is 0 Å². The van der Waals surface area contributed by atoms with Gasteiger partial charge < -0.3 is 10.1 Å². The quantitative estimate of drug-likeness (QED) is 0.686. The van der Waals surface area contributed by atoms with E-state index in [2.05, 4.69) is 49.7 Å². The van der Waals surface area contributed by atoms with Crippen molar-refractivity contribution >= 4 is 11.8 Å². The van der Waals surface area contributed by atoms with Crippen LogP contribution in [0.4, 0.5) is 0 Å². The van der Waals surface area contributed by atoms with Gasteiger partial charge in [-0.05, 0) is 56.0 Å². The minimum Gasteiger partial charge on any atom is -0.494 e. The molecular formula is C15H25NOS. The highest BCUT2D eigenvalue weighted by Crippen LogP contribution is 2.17. The van der Waals surface area contributed by atoms with Gasteiger partial charge in [-0.2, -0.15) is 11.8 Å². The molecule has 1 N–H and O–H groups in total. The molecule has 0 spiro atoms. The lowest BCUT2D eigenvalue weighted by molar-refractivity contribution is 0.317. The molecule has 1 unspecified atom stereocenters. The molecule has 0 radical (unpaired) electrons. The van der Waals surface area contributed by atoms with Crippen LogP contribution in [0.5, 0.6) is 5.75 Å². The van der Waals surface area contributed by atoms with Gasteiger partial charge in [-0.3, -0.25) is 0 Å². The van der Waals surface area contributed by atoms with E-state index < -0.39 is 0 Å². The Morgan fingerprint density at radius 2 is 2.00 bits per heavy atom. The Hall–Kier alpha value is -0.670. The molecule has 0 fully saturated rings. The van der Waals surface area contributed by atoms with E-state index in [-0.39, 0.29) is 0 Å². The van der Waals surface area contributed by atoms with Crippen LogP contribution in [0.3, 0.4) is 0 Å². The first kappa shape index (κ1) is 15.4. The van der Waals surface area contributed by atoms with Crippen molar-refractivity contribution in [2.75, 3.05) is 25.2 Å². The first-order valence-electron chi connectivity index (χ1n) is 6.73. The van der Waals surface area contributed by atoms with Crippen LogP contribution in [0.2, 0.25) is 0 Å². The predicted molar refractivity (Wildman–Crippen MR) is 81.6 cm³/mol. The van der Waals surface area contributed by atoms with Crippen molar-refractivity contribution in [3.05, 3.63) is 29.8 Å². The van der Waals surface area contributed by atoms with Crippen molar-refractivity contribution < 1.29 is 4.74 Å². The maximum absolute atomic E-state index is 5.58. The summed E-state index contributed by atoms with van der Waals surface area (Å²) in [6, 6.07) is 8.83. The normalized spacial score (nSPS) is 12.4. The van der Waals surface area contributed by atoms with E-state index in [1.165, 1.54) is 17.7 Å². The lowest BCUT2D eigenvalue weighted by atomic mass is 10.1. The molecule has 1 rings (SSSR count). The molecule has 0 saturated carbocycles. The Balaban J connectivity index is 2.36. The number of hydrogen-bond acceptors (Lipinski definition) is 3. The standard InChI is InChI=1S/C15H25NOS/c1-4-11-17-15-8-6-14(7-9-15)13(2)16-10-5-12-18-3/h6-9,13,16H,4-5,10-12H2,1-3H3. The van der Waals surface area contributed by atoms with Gasteiger partial charge in [0.2, 0.25) is 0 Å². The summed E-state index contributed by atoms with van der Waals surface area (Å²) in [7, 11) is 0. The van der Waals surface area contributed by atoms with E-state index in [4.69, 9.17) is 4.74 Å². The molecule has 0 aromatic heterocycles. The second kappa shape index (κ2) is 9.29. The highest BCUT2D eigenvalue weighted by Gasteiger charge is 2.04. The maximum Gasteiger partial charge on any atom is 0.119 e. The SMILES string of the molecule is CCCOc1ccc(C(C)NCCCSC)cc1. The lowest BCUT2D eigenvalue weighted by Gasteiger charge is -2.14. The smallest absolute Gasteiger partial charge is 0.119 e. The number of nitrogens with one attached hydrogen (secondary N) is 1. The van der Waals surface area contributed by atoms with Crippen LogP contribution in [-0.2, 0) is 0 Å². The molecule has 0 heterocycles. The van der Waals surface area contributed by atoms with Crippen molar-refractivity contribution in [2.24, 2.45) is 0 Å². The predicted octanol–water partition coefficient (Wildman–Crippen LogP) is 3.88. The van der Waals surface area contributed by atoms with E-state index in [1.54, 1.807) is 0 Å². The van der Waals surface area contributed by atoms with Crippen LogP contribution in [0.15, 0.2) is 24.3 Å².